The van der Waals surface area contributed by atoms with Crippen molar-refractivity contribution in [2.75, 3.05) is 11.9 Å². The molecule has 1 unspecified atom stereocenters. The maximum atomic E-state index is 5.50. The lowest BCUT2D eigenvalue weighted by Crippen LogP contribution is -2.17. The van der Waals surface area contributed by atoms with Crippen LogP contribution in [0.2, 0.25) is 0 Å². The number of fused-ring (bicyclic) bond motifs is 1. The summed E-state index contributed by atoms with van der Waals surface area (Å²) in [5, 5.41) is 3.60. The molecule has 0 amide bonds. The van der Waals surface area contributed by atoms with E-state index >= 15 is 0 Å². The van der Waals surface area contributed by atoms with Crippen molar-refractivity contribution in [3.63, 3.8) is 0 Å². The van der Waals surface area contributed by atoms with Gasteiger partial charge in [0.05, 0.1) is 6.61 Å². The van der Waals surface area contributed by atoms with Gasteiger partial charge in [0, 0.05) is 18.2 Å². The summed E-state index contributed by atoms with van der Waals surface area (Å²) in [5.41, 5.74) is 2.58. The Morgan fingerprint density at radius 2 is 2.25 bits per heavy atom. The summed E-state index contributed by atoms with van der Waals surface area (Å²) in [5.74, 6) is 1.06. The molecule has 1 aromatic carbocycles. The highest BCUT2D eigenvalue weighted by molar-refractivity contribution is 5.52. The van der Waals surface area contributed by atoms with E-state index in [4.69, 9.17) is 4.74 Å². The molecule has 2 rings (SSSR count). The van der Waals surface area contributed by atoms with Crippen molar-refractivity contribution in [3.8, 4) is 5.75 Å². The topological polar surface area (TPSA) is 21.3 Å². The van der Waals surface area contributed by atoms with Crippen molar-refractivity contribution >= 4 is 5.69 Å². The van der Waals surface area contributed by atoms with Crippen molar-refractivity contribution in [3.05, 3.63) is 23.8 Å². The van der Waals surface area contributed by atoms with E-state index in [0.717, 1.165) is 18.8 Å². The standard InChI is InChI=1S/C14H21NO/c1-3-5-12(4-2)15-13-6-7-14-11(10-13)8-9-16-14/h6-7,10,12,15H,3-5,8-9H2,1-2H3. The maximum absolute atomic E-state index is 5.50. The van der Waals surface area contributed by atoms with Gasteiger partial charge in [0.25, 0.3) is 0 Å². The third-order valence-electron chi connectivity index (χ3n) is 3.19. The van der Waals surface area contributed by atoms with Crippen LogP contribution in [0.3, 0.4) is 0 Å². The van der Waals surface area contributed by atoms with Crippen LogP contribution in [0, 0.1) is 0 Å². The molecule has 0 saturated heterocycles. The van der Waals surface area contributed by atoms with Gasteiger partial charge >= 0.3 is 0 Å². The molecule has 0 aromatic heterocycles. The molecule has 1 aliphatic heterocycles. The van der Waals surface area contributed by atoms with Crippen LogP contribution in [0.1, 0.15) is 38.7 Å². The first-order chi connectivity index (χ1) is 7.83. The molecule has 0 bridgehead atoms. The third kappa shape index (κ3) is 2.49. The van der Waals surface area contributed by atoms with Gasteiger partial charge in [0.2, 0.25) is 0 Å². The monoisotopic (exact) mass is 219 g/mol. The number of nitrogens with one attached hydrogen (secondary N) is 1. The Labute approximate surface area is 98.0 Å². The largest absolute Gasteiger partial charge is 0.493 e. The van der Waals surface area contributed by atoms with Crippen LogP contribution in [0.15, 0.2) is 18.2 Å². The third-order valence-corrected chi connectivity index (χ3v) is 3.19. The summed E-state index contributed by atoms with van der Waals surface area (Å²) < 4.78 is 5.50. The van der Waals surface area contributed by atoms with Crippen molar-refractivity contribution < 1.29 is 4.74 Å². The minimum Gasteiger partial charge on any atom is -0.493 e. The highest BCUT2D eigenvalue weighted by Crippen LogP contribution is 2.28. The zero-order valence-electron chi connectivity index (χ0n) is 10.3. The number of ether oxygens (including phenoxy) is 1. The van der Waals surface area contributed by atoms with Gasteiger partial charge < -0.3 is 10.1 Å². The Balaban J connectivity index is 2.04. The molecule has 0 spiro atoms. The summed E-state index contributed by atoms with van der Waals surface area (Å²) >= 11 is 0. The second-order valence-corrected chi connectivity index (χ2v) is 4.46. The first-order valence-corrected chi connectivity index (χ1v) is 6.35. The highest BCUT2D eigenvalue weighted by Gasteiger charge is 2.13. The molecular weight excluding hydrogens is 198 g/mol. The molecule has 0 radical (unpaired) electrons. The van der Waals surface area contributed by atoms with Crippen LogP contribution in [0.4, 0.5) is 5.69 Å². The molecule has 2 heteroatoms. The molecule has 1 heterocycles. The molecule has 2 nitrogen and oxygen atoms in total. The number of anilines is 1. The average Bonchev–Trinajstić information content (AvgIpc) is 2.75. The molecule has 16 heavy (non-hydrogen) atoms. The minimum absolute atomic E-state index is 0.602. The lowest BCUT2D eigenvalue weighted by Gasteiger charge is -2.17. The maximum Gasteiger partial charge on any atom is 0.122 e. The SMILES string of the molecule is CCCC(CC)Nc1ccc2c(c1)CCO2. The number of benzene rings is 1. The van der Waals surface area contributed by atoms with Crippen molar-refractivity contribution in [2.45, 2.75) is 45.6 Å². The summed E-state index contributed by atoms with van der Waals surface area (Å²) in [7, 11) is 0. The van der Waals surface area contributed by atoms with E-state index in [1.54, 1.807) is 0 Å². The Morgan fingerprint density at radius 1 is 1.38 bits per heavy atom. The molecule has 1 N–H and O–H groups in total. The Bertz CT molecular complexity index is 349. The number of rotatable bonds is 5. The Morgan fingerprint density at radius 3 is 3.00 bits per heavy atom. The van der Waals surface area contributed by atoms with Crippen molar-refractivity contribution in [2.24, 2.45) is 0 Å². The fourth-order valence-electron chi connectivity index (χ4n) is 2.24. The zero-order valence-corrected chi connectivity index (χ0v) is 10.3. The average molecular weight is 219 g/mol. The molecule has 0 saturated carbocycles. The predicted octanol–water partition coefficient (Wildman–Crippen LogP) is 3.61. The van der Waals surface area contributed by atoms with E-state index in [9.17, 15) is 0 Å². The number of hydrogen-bond acceptors (Lipinski definition) is 2. The quantitative estimate of drug-likeness (QED) is 0.816. The van der Waals surface area contributed by atoms with Crippen LogP contribution in [-0.2, 0) is 6.42 Å². The van der Waals surface area contributed by atoms with E-state index in [1.165, 1.54) is 30.5 Å². The molecule has 0 fully saturated rings. The van der Waals surface area contributed by atoms with Gasteiger partial charge in [-0.15, -0.1) is 0 Å². The van der Waals surface area contributed by atoms with E-state index < -0.39 is 0 Å². The highest BCUT2D eigenvalue weighted by atomic mass is 16.5. The molecule has 88 valence electrons. The zero-order chi connectivity index (χ0) is 11.4. The van der Waals surface area contributed by atoms with Gasteiger partial charge in [-0.25, -0.2) is 0 Å². The van der Waals surface area contributed by atoms with Gasteiger partial charge in [-0.3, -0.25) is 0 Å². The summed E-state index contributed by atoms with van der Waals surface area (Å²) in [6.07, 6.45) is 4.71. The van der Waals surface area contributed by atoms with E-state index in [-0.39, 0.29) is 0 Å². The van der Waals surface area contributed by atoms with Gasteiger partial charge in [-0.1, -0.05) is 20.3 Å². The smallest absolute Gasteiger partial charge is 0.122 e. The van der Waals surface area contributed by atoms with Crippen molar-refractivity contribution in [1.29, 1.82) is 0 Å². The van der Waals surface area contributed by atoms with Gasteiger partial charge in [0.15, 0.2) is 0 Å². The van der Waals surface area contributed by atoms with Crippen LogP contribution >= 0.6 is 0 Å². The van der Waals surface area contributed by atoms with Crippen LogP contribution in [0.25, 0.3) is 0 Å². The number of hydrogen-bond donors (Lipinski definition) is 1. The molecule has 1 atom stereocenters. The molecular formula is C14H21NO. The molecule has 1 aliphatic rings. The Kier molecular flexibility index (Phi) is 3.70. The van der Waals surface area contributed by atoms with Crippen molar-refractivity contribution in [1.82, 2.24) is 0 Å². The van der Waals surface area contributed by atoms with E-state index in [2.05, 4.69) is 37.4 Å². The van der Waals surface area contributed by atoms with Gasteiger partial charge in [-0.2, -0.15) is 0 Å². The summed E-state index contributed by atoms with van der Waals surface area (Å²) in [6, 6.07) is 7.05. The first-order valence-electron chi connectivity index (χ1n) is 6.35. The summed E-state index contributed by atoms with van der Waals surface area (Å²) in [4.78, 5) is 0. The lowest BCUT2D eigenvalue weighted by atomic mass is 10.1. The second kappa shape index (κ2) is 5.24. The fourth-order valence-corrected chi connectivity index (χ4v) is 2.24. The van der Waals surface area contributed by atoms with Crippen LogP contribution in [0.5, 0.6) is 5.75 Å². The fraction of sp³-hybridized carbons (Fsp3) is 0.571. The predicted molar refractivity (Wildman–Crippen MR) is 68.3 cm³/mol. The first kappa shape index (κ1) is 11.3. The molecule has 1 aromatic rings. The van der Waals surface area contributed by atoms with Gasteiger partial charge in [0.1, 0.15) is 5.75 Å². The summed E-state index contributed by atoms with van der Waals surface area (Å²) in [6.45, 7) is 5.32. The normalized spacial score (nSPS) is 15.4. The van der Waals surface area contributed by atoms with Crippen LogP contribution < -0.4 is 10.1 Å². The second-order valence-electron chi connectivity index (χ2n) is 4.46. The lowest BCUT2D eigenvalue weighted by molar-refractivity contribution is 0.357. The van der Waals surface area contributed by atoms with E-state index in [0.29, 0.717) is 6.04 Å². The Hall–Kier alpha value is -1.18. The van der Waals surface area contributed by atoms with E-state index in [1.807, 2.05) is 0 Å². The van der Waals surface area contributed by atoms with Gasteiger partial charge in [-0.05, 0) is 36.6 Å². The minimum atomic E-state index is 0.602. The van der Waals surface area contributed by atoms with Crippen LogP contribution in [-0.4, -0.2) is 12.6 Å². The molecule has 0 aliphatic carbocycles.